The van der Waals surface area contributed by atoms with Gasteiger partial charge in [0, 0.05) is 12.4 Å². The van der Waals surface area contributed by atoms with Crippen molar-refractivity contribution in [2.75, 3.05) is 0 Å². The highest BCUT2D eigenvalue weighted by molar-refractivity contribution is 6.77. The molecule has 1 heterocycles. The van der Waals surface area contributed by atoms with E-state index in [9.17, 15) is 4.79 Å². The fourth-order valence-corrected chi connectivity index (χ4v) is 0.792. The lowest BCUT2D eigenvalue weighted by atomic mass is 10.4. The lowest BCUT2D eigenvalue weighted by Gasteiger charge is -2.05. The molecule has 0 amide bonds. The van der Waals surface area contributed by atoms with E-state index in [-0.39, 0.29) is 5.82 Å². The van der Waals surface area contributed by atoms with Crippen LogP contribution in [0.3, 0.4) is 0 Å². The molecular formula is C5H3Cl3N2O. The molecule has 1 N–H and O–H groups in total. The molecule has 11 heavy (non-hydrogen) atoms. The van der Waals surface area contributed by atoms with Crippen molar-refractivity contribution in [2.45, 2.75) is 3.79 Å². The van der Waals surface area contributed by atoms with Gasteiger partial charge in [-0.1, -0.05) is 34.8 Å². The first-order valence-electron chi connectivity index (χ1n) is 2.62. The number of nitrogens with zero attached hydrogens (tertiary/aromatic N) is 1. The van der Waals surface area contributed by atoms with Crippen molar-refractivity contribution in [1.29, 1.82) is 0 Å². The minimum absolute atomic E-state index is 0.0463. The molecule has 1 aromatic rings. The highest BCUT2D eigenvalue weighted by Crippen LogP contribution is 2.29. The van der Waals surface area contributed by atoms with Gasteiger partial charge < -0.3 is 4.98 Å². The number of ketones is 1. The number of halogens is 3. The number of aromatic amines is 1. The Morgan fingerprint density at radius 3 is 2.55 bits per heavy atom. The molecule has 1 rings (SSSR count). The first-order valence-corrected chi connectivity index (χ1v) is 3.76. The average molecular weight is 213 g/mol. The molecule has 0 bridgehead atoms. The van der Waals surface area contributed by atoms with Gasteiger partial charge in [-0.05, 0) is 0 Å². The summed E-state index contributed by atoms with van der Waals surface area (Å²) in [5.74, 6) is -0.613. The van der Waals surface area contributed by atoms with Gasteiger partial charge in [0.1, 0.15) is 0 Å². The molecule has 0 radical (unpaired) electrons. The summed E-state index contributed by atoms with van der Waals surface area (Å²) < 4.78 is -1.93. The molecule has 0 fully saturated rings. The molecule has 3 nitrogen and oxygen atoms in total. The summed E-state index contributed by atoms with van der Waals surface area (Å²) in [6.45, 7) is 0. The quantitative estimate of drug-likeness (QED) is 0.572. The van der Waals surface area contributed by atoms with Gasteiger partial charge in [0.2, 0.25) is 5.78 Å². The smallest absolute Gasteiger partial charge is 0.256 e. The minimum atomic E-state index is -1.93. The van der Waals surface area contributed by atoms with Crippen molar-refractivity contribution in [3.05, 3.63) is 18.2 Å². The van der Waals surface area contributed by atoms with Gasteiger partial charge in [-0.25, -0.2) is 4.98 Å². The van der Waals surface area contributed by atoms with E-state index >= 15 is 0 Å². The van der Waals surface area contributed by atoms with Crippen LogP contribution in [0.25, 0.3) is 0 Å². The molecule has 60 valence electrons. The zero-order valence-corrected chi connectivity index (χ0v) is 7.41. The van der Waals surface area contributed by atoms with E-state index in [1.807, 2.05) is 0 Å². The third-order valence-electron chi connectivity index (χ3n) is 0.971. The van der Waals surface area contributed by atoms with Gasteiger partial charge in [0.25, 0.3) is 3.79 Å². The number of nitrogens with one attached hydrogen (secondary N) is 1. The van der Waals surface area contributed by atoms with Crippen molar-refractivity contribution >= 4 is 40.6 Å². The van der Waals surface area contributed by atoms with E-state index in [0.717, 1.165) is 0 Å². The maximum atomic E-state index is 11.0. The third kappa shape index (κ3) is 2.09. The summed E-state index contributed by atoms with van der Waals surface area (Å²) in [7, 11) is 0. The van der Waals surface area contributed by atoms with Crippen LogP contribution < -0.4 is 0 Å². The molecule has 0 aliphatic rings. The third-order valence-corrected chi connectivity index (χ3v) is 1.49. The number of Topliss-reactive ketones (excluding diaryl/α,β-unsaturated/α-hetero) is 1. The summed E-state index contributed by atoms with van der Waals surface area (Å²) in [5.41, 5.74) is 0. The predicted octanol–water partition coefficient (Wildman–Crippen LogP) is 1.96. The monoisotopic (exact) mass is 212 g/mol. The number of carbonyl (C=O) groups excluding carboxylic acids is 1. The van der Waals surface area contributed by atoms with Crippen LogP contribution in [-0.4, -0.2) is 19.5 Å². The number of rotatable bonds is 1. The molecule has 0 aliphatic carbocycles. The van der Waals surface area contributed by atoms with Gasteiger partial charge in [-0.15, -0.1) is 0 Å². The van der Waals surface area contributed by atoms with Crippen LogP contribution in [0.1, 0.15) is 10.6 Å². The molecule has 0 aliphatic heterocycles. The maximum Gasteiger partial charge on any atom is 0.256 e. The topological polar surface area (TPSA) is 45.8 Å². The summed E-state index contributed by atoms with van der Waals surface area (Å²) in [4.78, 5) is 17.2. The molecule has 0 atom stereocenters. The van der Waals surface area contributed by atoms with E-state index < -0.39 is 9.58 Å². The Bertz CT molecular complexity index is 251. The van der Waals surface area contributed by atoms with Crippen LogP contribution in [-0.2, 0) is 0 Å². The number of hydrogen-bond donors (Lipinski definition) is 1. The van der Waals surface area contributed by atoms with Gasteiger partial charge in [-0.3, -0.25) is 4.79 Å². The second-order valence-corrected chi connectivity index (χ2v) is 4.05. The van der Waals surface area contributed by atoms with Crippen molar-refractivity contribution in [3.8, 4) is 0 Å². The van der Waals surface area contributed by atoms with Gasteiger partial charge >= 0.3 is 0 Å². The SMILES string of the molecule is O=C(c1ncc[nH]1)C(Cl)(Cl)Cl. The molecule has 1 aromatic heterocycles. The number of aromatic nitrogens is 2. The Labute approximate surface area is 77.7 Å². The number of carbonyl (C=O) groups is 1. The van der Waals surface area contributed by atoms with Crippen LogP contribution in [0.15, 0.2) is 12.4 Å². The first-order chi connectivity index (χ1) is 5.02. The fraction of sp³-hybridized carbons (Fsp3) is 0.200. The van der Waals surface area contributed by atoms with Crippen molar-refractivity contribution in [3.63, 3.8) is 0 Å². The standard InChI is InChI=1S/C5H3Cl3N2O/c6-5(7,8)3(11)4-9-1-2-10-4/h1-2H,(H,9,10). The fourth-order valence-electron chi connectivity index (χ4n) is 0.524. The van der Waals surface area contributed by atoms with E-state index in [4.69, 9.17) is 34.8 Å². The first kappa shape index (κ1) is 8.84. The van der Waals surface area contributed by atoms with Crippen molar-refractivity contribution < 1.29 is 4.79 Å². The maximum absolute atomic E-state index is 11.0. The van der Waals surface area contributed by atoms with Crippen LogP contribution in [0.4, 0.5) is 0 Å². The summed E-state index contributed by atoms with van der Waals surface area (Å²) in [5, 5.41) is 0. The number of H-pyrrole nitrogens is 1. The highest BCUT2D eigenvalue weighted by atomic mass is 35.6. The van der Waals surface area contributed by atoms with E-state index in [1.54, 1.807) is 0 Å². The zero-order chi connectivity index (χ0) is 8.48. The molecular weight excluding hydrogens is 210 g/mol. The lowest BCUT2D eigenvalue weighted by Crippen LogP contribution is -2.20. The van der Waals surface area contributed by atoms with E-state index in [0.29, 0.717) is 0 Å². The predicted molar refractivity (Wildman–Crippen MR) is 43.2 cm³/mol. The Hall–Kier alpha value is -0.250. The highest BCUT2D eigenvalue weighted by Gasteiger charge is 2.33. The Kier molecular flexibility index (Phi) is 2.42. The van der Waals surface area contributed by atoms with Crippen molar-refractivity contribution in [2.24, 2.45) is 0 Å². The largest absolute Gasteiger partial charge is 0.342 e. The van der Waals surface area contributed by atoms with Crippen LogP contribution in [0.5, 0.6) is 0 Å². The van der Waals surface area contributed by atoms with Crippen molar-refractivity contribution in [1.82, 2.24) is 9.97 Å². The Morgan fingerprint density at radius 2 is 2.18 bits per heavy atom. The molecule has 0 spiro atoms. The second-order valence-electron chi connectivity index (χ2n) is 1.76. The number of alkyl halides is 3. The molecule has 0 unspecified atom stereocenters. The van der Waals surface area contributed by atoms with Crippen LogP contribution >= 0.6 is 34.8 Å². The molecule has 0 saturated heterocycles. The Morgan fingerprint density at radius 1 is 1.55 bits per heavy atom. The molecule has 0 saturated carbocycles. The van der Waals surface area contributed by atoms with E-state index in [2.05, 4.69) is 9.97 Å². The van der Waals surface area contributed by atoms with Crippen LogP contribution in [0, 0.1) is 0 Å². The van der Waals surface area contributed by atoms with Gasteiger partial charge in [0.05, 0.1) is 0 Å². The minimum Gasteiger partial charge on any atom is -0.342 e. The van der Waals surface area contributed by atoms with Crippen LogP contribution in [0.2, 0.25) is 0 Å². The summed E-state index contributed by atoms with van der Waals surface area (Å²) in [6.07, 6.45) is 2.88. The normalized spacial score (nSPS) is 11.5. The zero-order valence-electron chi connectivity index (χ0n) is 5.14. The summed E-state index contributed by atoms with van der Waals surface area (Å²) in [6, 6.07) is 0. The summed E-state index contributed by atoms with van der Waals surface area (Å²) >= 11 is 15.9. The average Bonchev–Trinajstić information content (AvgIpc) is 2.34. The van der Waals surface area contributed by atoms with E-state index in [1.165, 1.54) is 12.4 Å². The Balaban J connectivity index is 2.88. The van der Waals surface area contributed by atoms with Gasteiger partial charge in [-0.2, -0.15) is 0 Å². The number of imidazole rings is 1. The number of hydrogen-bond acceptors (Lipinski definition) is 2. The lowest BCUT2D eigenvalue weighted by molar-refractivity contribution is 0.0987. The molecule has 6 heteroatoms. The molecule has 0 aromatic carbocycles. The second kappa shape index (κ2) is 3.01. The van der Waals surface area contributed by atoms with Gasteiger partial charge in [0.15, 0.2) is 5.82 Å².